The fraction of sp³-hybridized carbons (Fsp3) is 0.381. The molecular formula is C21H27FN2O5S. The van der Waals surface area contributed by atoms with Crippen LogP contribution in [0.2, 0.25) is 0 Å². The Morgan fingerprint density at radius 1 is 1.13 bits per heavy atom. The van der Waals surface area contributed by atoms with E-state index in [1.54, 1.807) is 24.3 Å². The number of nitrogens with one attached hydrogen (secondary N) is 1. The average molecular weight is 439 g/mol. The van der Waals surface area contributed by atoms with E-state index < -0.39 is 22.0 Å². The lowest BCUT2D eigenvalue weighted by Crippen LogP contribution is -2.48. The summed E-state index contributed by atoms with van der Waals surface area (Å²) >= 11 is 0. The molecule has 30 heavy (non-hydrogen) atoms. The molecule has 1 amide bonds. The van der Waals surface area contributed by atoms with E-state index in [4.69, 9.17) is 9.47 Å². The molecule has 2 rings (SSSR count). The Morgan fingerprint density at radius 3 is 2.37 bits per heavy atom. The predicted molar refractivity (Wildman–Crippen MR) is 114 cm³/mol. The molecule has 2 aromatic carbocycles. The van der Waals surface area contributed by atoms with E-state index >= 15 is 0 Å². The first-order chi connectivity index (χ1) is 14.2. The van der Waals surface area contributed by atoms with Gasteiger partial charge in [-0.3, -0.25) is 9.10 Å². The number of methoxy groups -OCH3 is 2. The normalized spacial score (nSPS) is 12.2. The van der Waals surface area contributed by atoms with Crippen LogP contribution in [0.1, 0.15) is 18.9 Å². The highest BCUT2D eigenvalue weighted by Crippen LogP contribution is 2.35. The maximum Gasteiger partial charge on any atom is 0.243 e. The summed E-state index contributed by atoms with van der Waals surface area (Å²) in [6.07, 6.45) is 2.32. The Morgan fingerprint density at radius 2 is 1.80 bits per heavy atom. The van der Waals surface area contributed by atoms with Gasteiger partial charge >= 0.3 is 0 Å². The molecule has 0 radical (unpaired) electrons. The molecule has 0 spiro atoms. The van der Waals surface area contributed by atoms with Crippen LogP contribution < -0.4 is 19.1 Å². The van der Waals surface area contributed by atoms with Gasteiger partial charge in [0.25, 0.3) is 0 Å². The van der Waals surface area contributed by atoms with Gasteiger partial charge in [0.1, 0.15) is 23.4 Å². The van der Waals surface area contributed by atoms with Crippen LogP contribution in [0.4, 0.5) is 10.1 Å². The van der Waals surface area contributed by atoms with Crippen molar-refractivity contribution in [2.45, 2.75) is 25.8 Å². The standard InChI is InChI=1S/C21H27FN2O5S/c1-15(21(25)23-13-5-6-16-7-9-17(22)10-8-16)24(30(4,26)27)19-14-18(28-2)11-12-20(19)29-3/h7-12,14-15H,5-6,13H2,1-4H3,(H,23,25)/t15-/m1/s1. The molecule has 0 aromatic heterocycles. The zero-order valence-electron chi connectivity index (χ0n) is 17.5. The number of halogens is 1. The zero-order valence-corrected chi connectivity index (χ0v) is 18.3. The van der Waals surface area contributed by atoms with E-state index in [1.807, 2.05) is 0 Å². The van der Waals surface area contributed by atoms with Crippen LogP contribution in [0.5, 0.6) is 11.5 Å². The lowest BCUT2D eigenvalue weighted by Gasteiger charge is -2.29. The van der Waals surface area contributed by atoms with E-state index in [2.05, 4.69) is 5.32 Å². The number of rotatable bonds is 10. The lowest BCUT2D eigenvalue weighted by molar-refractivity contribution is -0.121. The Bertz CT molecular complexity index is 964. The second-order valence-electron chi connectivity index (χ2n) is 6.79. The maximum atomic E-state index is 13.0. The zero-order chi connectivity index (χ0) is 22.3. The molecule has 0 saturated heterocycles. The topological polar surface area (TPSA) is 84.9 Å². The lowest BCUT2D eigenvalue weighted by atomic mass is 10.1. The molecule has 1 N–H and O–H groups in total. The number of carbonyl (C=O) groups is 1. The van der Waals surface area contributed by atoms with E-state index in [9.17, 15) is 17.6 Å². The summed E-state index contributed by atoms with van der Waals surface area (Å²) in [5.74, 6) is 0.00246. The molecule has 164 valence electrons. The quantitative estimate of drug-likeness (QED) is 0.577. The third-order valence-corrected chi connectivity index (χ3v) is 5.79. The van der Waals surface area contributed by atoms with Crippen molar-refractivity contribution in [3.8, 4) is 11.5 Å². The fourth-order valence-electron chi connectivity index (χ4n) is 3.05. The van der Waals surface area contributed by atoms with Crippen LogP contribution in [0.3, 0.4) is 0 Å². The van der Waals surface area contributed by atoms with E-state index in [-0.39, 0.29) is 11.5 Å². The van der Waals surface area contributed by atoms with Gasteiger partial charge in [0.15, 0.2) is 0 Å². The Kier molecular flexibility index (Phi) is 8.05. The third kappa shape index (κ3) is 6.09. The van der Waals surface area contributed by atoms with Crippen molar-refractivity contribution in [2.24, 2.45) is 0 Å². The molecule has 7 nitrogen and oxygen atoms in total. The van der Waals surface area contributed by atoms with Gasteiger partial charge in [-0.2, -0.15) is 0 Å². The van der Waals surface area contributed by atoms with Crippen LogP contribution >= 0.6 is 0 Å². The highest BCUT2D eigenvalue weighted by atomic mass is 32.2. The van der Waals surface area contributed by atoms with Crippen molar-refractivity contribution in [2.75, 3.05) is 31.3 Å². The maximum absolute atomic E-state index is 13.0. The van der Waals surface area contributed by atoms with Crippen molar-refractivity contribution >= 4 is 21.6 Å². The van der Waals surface area contributed by atoms with Gasteiger partial charge in [-0.05, 0) is 49.6 Å². The molecule has 0 bridgehead atoms. The number of anilines is 1. The number of ether oxygens (including phenoxy) is 2. The molecule has 0 saturated carbocycles. The molecule has 2 aromatic rings. The minimum atomic E-state index is -3.80. The van der Waals surface area contributed by atoms with E-state index in [1.165, 1.54) is 39.3 Å². The summed E-state index contributed by atoms with van der Waals surface area (Å²) in [7, 11) is -0.908. The number of carbonyl (C=O) groups excluding carboxylic acids is 1. The first-order valence-electron chi connectivity index (χ1n) is 9.41. The second kappa shape index (κ2) is 10.3. The Hall–Kier alpha value is -2.81. The Balaban J connectivity index is 2.10. The minimum absolute atomic E-state index is 0.216. The summed E-state index contributed by atoms with van der Waals surface area (Å²) in [5, 5.41) is 2.76. The van der Waals surface area contributed by atoms with Crippen molar-refractivity contribution in [1.29, 1.82) is 0 Å². The van der Waals surface area contributed by atoms with Gasteiger partial charge in [0.05, 0.1) is 26.2 Å². The molecule has 1 atom stereocenters. The minimum Gasteiger partial charge on any atom is -0.497 e. The molecular weight excluding hydrogens is 411 g/mol. The van der Waals surface area contributed by atoms with Crippen LogP contribution in [0.25, 0.3) is 0 Å². The molecule has 0 unspecified atom stereocenters. The fourth-order valence-corrected chi connectivity index (χ4v) is 4.22. The monoisotopic (exact) mass is 438 g/mol. The first kappa shape index (κ1) is 23.5. The van der Waals surface area contributed by atoms with E-state index in [0.29, 0.717) is 30.9 Å². The second-order valence-corrected chi connectivity index (χ2v) is 8.65. The highest BCUT2D eigenvalue weighted by molar-refractivity contribution is 7.92. The molecule has 0 aliphatic rings. The number of benzene rings is 2. The highest BCUT2D eigenvalue weighted by Gasteiger charge is 2.31. The van der Waals surface area contributed by atoms with Crippen LogP contribution in [0, 0.1) is 5.82 Å². The van der Waals surface area contributed by atoms with Gasteiger partial charge in [-0.25, -0.2) is 12.8 Å². The first-order valence-corrected chi connectivity index (χ1v) is 11.3. The number of hydrogen-bond donors (Lipinski definition) is 1. The van der Waals surface area contributed by atoms with Crippen LogP contribution in [-0.2, 0) is 21.2 Å². The van der Waals surface area contributed by atoms with Crippen molar-refractivity contribution in [1.82, 2.24) is 5.32 Å². The van der Waals surface area contributed by atoms with Gasteiger partial charge in [0, 0.05) is 12.6 Å². The van der Waals surface area contributed by atoms with Crippen LogP contribution in [-0.4, -0.2) is 47.4 Å². The van der Waals surface area contributed by atoms with Crippen LogP contribution in [0.15, 0.2) is 42.5 Å². The van der Waals surface area contributed by atoms with Crippen molar-refractivity contribution in [3.63, 3.8) is 0 Å². The largest absolute Gasteiger partial charge is 0.497 e. The average Bonchev–Trinajstić information content (AvgIpc) is 2.71. The number of hydrogen-bond acceptors (Lipinski definition) is 5. The van der Waals surface area contributed by atoms with Gasteiger partial charge < -0.3 is 14.8 Å². The molecule has 0 aliphatic heterocycles. The summed E-state index contributed by atoms with van der Waals surface area (Å²) in [4.78, 5) is 12.7. The molecule has 0 fully saturated rings. The summed E-state index contributed by atoms with van der Waals surface area (Å²) in [5.41, 5.74) is 1.17. The summed E-state index contributed by atoms with van der Waals surface area (Å²) in [6.45, 7) is 1.86. The number of aryl methyl sites for hydroxylation is 1. The molecule has 9 heteroatoms. The SMILES string of the molecule is COc1ccc(OC)c(N([C@H](C)C(=O)NCCCc2ccc(F)cc2)S(C)(=O)=O)c1. The molecule has 0 aliphatic carbocycles. The summed E-state index contributed by atoms with van der Waals surface area (Å²) in [6, 6.07) is 9.90. The number of sulfonamides is 1. The smallest absolute Gasteiger partial charge is 0.243 e. The van der Waals surface area contributed by atoms with Gasteiger partial charge in [-0.15, -0.1) is 0 Å². The molecule has 0 heterocycles. The van der Waals surface area contributed by atoms with Crippen molar-refractivity contribution in [3.05, 3.63) is 53.8 Å². The Labute approximate surface area is 176 Å². The van der Waals surface area contributed by atoms with Gasteiger partial charge in [0.2, 0.25) is 15.9 Å². The van der Waals surface area contributed by atoms with Gasteiger partial charge in [-0.1, -0.05) is 12.1 Å². The third-order valence-electron chi connectivity index (χ3n) is 4.57. The number of amides is 1. The van der Waals surface area contributed by atoms with E-state index in [0.717, 1.165) is 16.1 Å². The van der Waals surface area contributed by atoms with Crippen molar-refractivity contribution < 1.29 is 27.1 Å². The summed E-state index contributed by atoms with van der Waals surface area (Å²) < 4.78 is 49.5. The number of nitrogens with zero attached hydrogens (tertiary/aromatic N) is 1. The predicted octanol–water partition coefficient (Wildman–Crippen LogP) is 2.75.